The second-order valence-electron chi connectivity index (χ2n) is 6.83. The van der Waals surface area contributed by atoms with Gasteiger partial charge in [0.15, 0.2) is 0 Å². The Bertz CT molecular complexity index is 982. The zero-order valence-corrected chi connectivity index (χ0v) is 16.5. The van der Waals surface area contributed by atoms with Gasteiger partial charge in [-0.05, 0) is 36.4 Å². The molecular formula is C20H20N4O4S. The van der Waals surface area contributed by atoms with E-state index in [1.54, 1.807) is 45.3 Å². The quantitative estimate of drug-likeness (QED) is 0.436. The Kier molecular flexibility index (Phi) is 5.68. The molecule has 0 radical (unpaired) electrons. The van der Waals surface area contributed by atoms with Gasteiger partial charge in [-0.3, -0.25) is 14.9 Å². The first-order chi connectivity index (χ1) is 14.1. The fraction of sp³-hybridized carbons (Fsp3) is 0.300. The molecule has 1 unspecified atom stereocenters. The minimum atomic E-state index is -0.476. The lowest BCUT2D eigenvalue weighted by Crippen LogP contribution is -2.36. The number of hydrogen-bond donors (Lipinski definition) is 0. The summed E-state index contributed by atoms with van der Waals surface area (Å²) < 4.78 is 7.27. The number of aromatic nitrogens is 2. The summed E-state index contributed by atoms with van der Waals surface area (Å²) >= 11 is 1.58. The number of imidazole rings is 1. The van der Waals surface area contributed by atoms with Crippen LogP contribution in [0.15, 0.2) is 54.4 Å². The van der Waals surface area contributed by atoms with Gasteiger partial charge in [-0.15, -0.1) is 11.3 Å². The van der Waals surface area contributed by atoms with E-state index in [9.17, 15) is 14.9 Å². The lowest BCUT2D eigenvalue weighted by atomic mass is 10.1. The molecule has 0 bridgehead atoms. The molecule has 1 aliphatic heterocycles. The Hall–Kier alpha value is -3.04. The summed E-state index contributed by atoms with van der Waals surface area (Å²) in [7, 11) is 0. The molecule has 3 aromatic rings. The third kappa shape index (κ3) is 4.36. The van der Waals surface area contributed by atoms with Crippen LogP contribution >= 0.6 is 11.3 Å². The van der Waals surface area contributed by atoms with Gasteiger partial charge in [-0.1, -0.05) is 6.07 Å². The van der Waals surface area contributed by atoms with Crippen LogP contribution in [0, 0.1) is 10.1 Å². The fourth-order valence-electron chi connectivity index (χ4n) is 3.45. The molecule has 1 aromatic carbocycles. The minimum absolute atomic E-state index is 0.000815. The summed E-state index contributed by atoms with van der Waals surface area (Å²) in [6, 6.07) is 8.48. The molecule has 29 heavy (non-hydrogen) atoms. The number of hydrogen-bond acceptors (Lipinski definition) is 6. The molecule has 1 saturated heterocycles. The topological polar surface area (TPSA) is 90.5 Å². The molecule has 0 saturated carbocycles. The van der Waals surface area contributed by atoms with Crippen molar-refractivity contribution in [3.8, 4) is 5.69 Å². The standard InChI is InChI=1S/C20H20N4O4S/c25-20(23(12-16-3-1-9-28-16)13-17-4-2-10-29-17)15-5-6-18(19(11-15)24(26)27)22-8-7-21-14-22/h2,4-8,10-11,14,16H,1,3,9,12-13H2. The number of amides is 1. The number of carbonyl (C=O) groups excluding carboxylic acids is 1. The van der Waals surface area contributed by atoms with Gasteiger partial charge in [0.25, 0.3) is 11.6 Å². The maximum Gasteiger partial charge on any atom is 0.294 e. The molecule has 0 aliphatic carbocycles. The van der Waals surface area contributed by atoms with Crippen LogP contribution in [0.2, 0.25) is 0 Å². The van der Waals surface area contributed by atoms with Crippen molar-refractivity contribution < 1.29 is 14.5 Å². The maximum absolute atomic E-state index is 13.3. The third-order valence-electron chi connectivity index (χ3n) is 4.86. The molecule has 4 rings (SSSR count). The highest BCUT2D eigenvalue weighted by Crippen LogP contribution is 2.26. The first kappa shape index (κ1) is 19.3. The Morgan fingerprint density at radius 1 is 1.41 bits per heavy atom. The van der Waals surface area contributed by atoms with E-state index in [1.165, 1.54) is 12.4 Å². The van der Waals surface area contributed by atoms with Crippen molar-refractivity contribution in [3.05, 3.63) is 75.0 Å². The molecule has 1 aliphatic rings. The smallest absolute Gasteiger partial charge is 0.294 e. The first-order valence-corrected chi connectivity index (χ1v) is 10.2. The molecule has 0 N–H and O–H groups in total. The van der Waals surface area contributed by atoms with E-state index in [-0.39, 0.29) is 23.3 Å². The Labute approximate surface area is 171 Å². The Morgan fingerprint density at radius 3 is 2.97 bits per heavy atom. The number of nitro groups is 1. The van der Waals surface area contributed by atoms with E-state index < -0.39 is 4.92 Å². The van der Waals surface area contributed by atoms with Crippen LogP contribution in [-0.2, 0) is 11.3 Å². The summed E-state index contributed by atoms with van der Waals surface area (Å²) in [6.45, 7) is 1.62. The van der Waals surface area contributed by atoms with Crippen molar-refractivity contribution in [2.75, 3.05) is 13.2 Å². The number of nitrogens with zero attached hydrogens (tertiary/aromatic N) is 4. The lowest BCUT2D eigenvalue weighted by molar-refractivity contribution is -0.384. The highest BCUT2D eigenvalue weighted by Gasteiger charge is 2.26. The number of carbonyl (C=O) groups is 1. The largest absolute Gasteiger partial charge is 0.376 e. The number of ether oxygens (including phenoxy) is 1. The SMILES string of the molecule is O=C(c1ccc(-n2ccnc2)c([N+](=O)[O-])c1)N(Cc1cccs1)CC1CCCO1. The van der Waals surface area contributed by atoms with Gasteiger partial charge in [0.2, 0.25) is 0 Å². The molecule has 2 aromatic heterocycles. The Morgan fingerprint density at radius 2 is 2.31 bits per heavy atom. The first-order valence-electron chi connectivity index (χ1n) is 9.32. The minimum Gasteiger partial charge on any atom is -0.376 e. The molecule has 3 heterocycles. The molecular weight excluding hydrogens is 392 g/mol. The molecule has 150 valence electrons. The van der Waals surface area contributed by atoms with Gasteiger partial charge in [0, 0.05) is 42.1 Å². The number of thiophene rings is 1. The van der Waals surface area contributed by atoms with Crippen molar-refractivity contribution in [3.63, 3.8) is 0 Å². The zero-order chi connectivity index (χ0) is 20.2. The predicted octanol–water partition coefficient (Wildman–Crippen LogP) is 3.66. The zero-order valence-electron chi connectivity index (χ0n) is 15.6. The van der Waals surface area contributed by atoms with Gasteiger partial charge >= 0.3 is 0 Å². The normalized spacial score (nSPS) is 16.1. The highest BCUT2D eigenvalue weighted by atomic mass is 32.1. The van der Waals surface area contributed by atoms with Crippen molar-refractivity contribution in [1.82, 2.24) is 14.5 Å². The summed E-state index contributed by atoms with van der Waals surface area (Å²) in [4.78, 5) is 31.1. The number of benzene rings is 1. The van der Waals surface area contributed by atoms with Crippen LogP contribution in [0.4, 0.5) is 5.69 Å². The van der Waals surface area contributed by atoms with E-state index in [2.05, 4.69) is 4.98 Å². The predicted molar refractivity (Wildman–Crippen MR) is 108 cm³/mol. The average Bonchev–Trinajstić information content (AvgIpc) is 3.49. The number of rotatable bonds is 7. The van der Waals surface area contributed by atoms with Crippen molar-refractivity contribution in [2.24, 2.45) is 0 Å². The van der Waals surface area contributed by atoms with E-state index in [0.29, 0.717) is 25.4 Å². The highest BCUT2D eigenvalue weighted by molar-refractivity contribution is 7.09. The van der Waals surface area contributed by atoms with Crippen molar-refractivity contribution >= 4 is 22.9 Å². The second kappa shape index (κ2) is 8.54. The van der Waals surface area contributed by atoms with Crippen LogP contribution in [-0.4, -0.2) is 44.5 Å². The van der Waals surface area contributed by atoms with Gasteiger partial charge < -0.3 is 14.2 Å². The van der Waals surface area contributed by atoms with E-state index in [4.69, 9.17) is 4.74 Å². The van der Waals surface area contributed by atoms with Gasteiger partial charge in [0.1, 0.15) is 5.69 Å². The van der Waals surface area contributed by atoms with E-state index in [1.807, 2.05) is 17.5 Å². The van der Waals surface area contributed by atoms with Crippen LogP contribution < -0.4 is 0 Å². The van der Waals surface area contributed by atoms with E-state index in [0.717, 1.165) is 17.7 Å². The molecule has 1 fully saturated rings. The Balaban J connectivity index is 1.63. The molecule has 8 nitrogen and oxygen atoms in total. The fourth-order valence-corrected chi connectivity index (χ4v) is 4.17. The van der Waals surface area contributed by atoms with E-state index >= 15 is 0 Å². The molecule has 1 atom stereocenters. The van der Waals surface area contributed by atoms with Crippen molar-refractivity contribution in [1.29, 1.82) is 0 Å². The summed E-state index contributed by atoms with van der Waals surface area (Å²) in [6.07, 6.45) is 6.56. The molecule has 9 heteroatoms. The number of nitro benzene ring substituents is 1. The molecule has 1 amide bonds. The summed E-state index contributed by atoms with van der Waals surface area (Å²) in [5.74, 6) is -0.241. The average molecular weight is 412 g/mol. The second-order valence-corrected chi connectivity index (χ2v) is 7.86. The van der Waals surface area contributed by atoms with Gasteiger partial charge in [-0.2, -0.15) is 0 Å². The van der Waals surface area contributed by atoms with Crippen molar-refractivity contribution in [2.45, 2.75) is 25.5 Å². The van der Waals surface area contributed by atoms with Crippen LogP contribution in [0.25, 0.3) is 5.69 Å². The summed E-state index contributed by atoms with van der Waals surface area (Å²) in [5, 5.41) is 13.6. The maximum atomic E-state index is 13.3. The summed E-state index contributed by atoms with van der Waals surface area (Å²) in [5.41, 5.74) is 0.519. The van der Waals surface area contributed by atoms with Gasteiger partial charge in [0.05, 0.1) is 23.9 Å². The van der Waals surface area contributed by atoms with Crippen LogP contribution in [0.1, 0.15) is 28.1 Å². The molecule has 0 spiro atoms. The lowest BCUT2D eigenvalue weighted by Gasteiger charge is -2.25. The van der Waals surface area contributed by atoms with Crippen LogP contribution in [0.3, 0.4) is 0 Å². The monoisotopic (exact) mass is 412 g/mol. The third-order valence-corrected chi connectivity index (χ3v) is 5.72. The van der Waals surface area contributed by atoms with Crippen LogP contribution in [0.5, 0.6) is 0 Å². The van der Waals surface area contributed by atoms with Gasteiger partial charge in [-0.25, -0.2) is 4.98 Å².